The maximum absolute atomic E-state index is 2.55. The van der Waals surface area contributed by atoms with Crippen LogP contribution in [-0.2, 0) is 0 Å². The molecule has 0 bridgehead atoms. The SMILES string of the molecule is CCC1=CC=C(c2ccccc2)CC1I. The van der Waals surface area contributed by atoms with E-state index in [1.807, 2.05) is 0 Å². The van der Waals surface area contributed by atoms with Gasteiger partial charge in [-0.15, -0.1) is 0 Å². The Morgan fingerprint density at radius 1 is 1.20 bits per heavy atom. The molecule has 1 aliphatic carbocycles. The lowest BCUT2D eigenvalue weighted by atomic mass is 9.92. The first kappa shape index (κ1) is 10.9. The molecular weight excluding hydrogens is 295 g/mol. The summed E-state index contributed by atoms with van der Waals surface area (Å²) in [5.74, 6) is 0. The van der Waals surface area contributed by atoms with Crippen LogP contribution in [0.5, 0.6) is 0 Å². The van der Waals surface area contributed by atoms with E-state index in [0.29, 0.717) is 3.92 Å². The molecule has 0 heterocycles. The summed E-state index contributed by atoms with van der Waals surface area (Å²) in [4.78, 5) is 0. The second kappa shape index (κ2) is 4.97. The van der Waals surface area contributed by atoms with Crippen molar-refractivity contribution >= 4 is 28.2 Å². The highest BCUT2D eigenvalue weighted by atomic mass is 127. The zero-order valence-electron chi connectivity index (χ0n) is 8.91. The van der Waals surface area contributed by atoms with Gasteiger partial charge >= 0.3 is 0 Å². The third kappa shape index (κ3) is 2.51. The van der Waals surface area contributed by atoms with Crippen molar-refractivity contribution in [1.29, 1.82) is 0 Å². The van der Waals surface area contributed by atoms with E-state index in [1.54, 1.807) is 5.57 Å². The van der Waals surface area contributed by atoms with Gasteiger partial charge in [0.2, 0.25) is 0 Å². The van der Waals surface area contributed by atoms with Crippen molar-refractivity contribution in [3.8, 4) is 0 Å². The van der Waals surface area contributed by atoms with Crippen molar-refractivity contribution in [3.05, 3.63) is 53.6 Å². The molecule has 1 aromatic carbocycles. The Balaban J connectivity index is 2.27. The van der Waals surface area contributed by atoms with Crippen LogP contribution in [0.2, 0.25) is 0 Å². The smallest absolute Gasteiger partial charge is 0.0362 e. The molecule has 0 aliphatic heterocycles. The van der Waals surface area contributed by atoms with E-state index in [9.17, 15) is 0 Å². The normalized spacial score (nSPS) is 20.8. The Morgan fingerprint density at radius 2 is 1.93 bits per heavy atom. The number of benzene rings is 1. The summed E-state index contributed by atoms with van der Waals surface area (Å²) in [5, 5.41) is 0. The minimum Gasteiger partial charge on any atom is -0.0774 e. The molecule has 0 aromatic heterocycles. The molecule has 0 nitrogen and oxygen atoms in total. The van der Waals surface area contributed by atoms with Crippen molar-refractivity contribution in [2.45, 2.75) is 23.7 Å². The largest absolute Gasteiger partial charge is 0.0774 e. The van der Waals surface area contributed by atoms with Crippen molar-refractivity contribution in [3.63, 3.8) is 0 Å². The number of alkyl halides is 1. The molecule has 1 atom stereocenters. The van der Waals surface area contributed by atoms with Crippen LogP contribution in [0, 0.1) is 0 Å². The quantitative estimate of drug-likeness (QED) is 0.552. The second-order valence-corrected chi connectivity index (χ2v) is 5.33. The lowest BCUT2D eigenvalue weighted by Gasteiger charge is -2.19. The first-order valence-corrected chi connectivity index (χ1v) is 6.65. The summed E-state index contributed by atoms with van der Waals surface area (Å²) in [6.07, 6.45) is 6.92. The fourth-order valence-corrected chi connectivity index (χ4v) is 3.03. The number of rotatable bonds is 2. The average Bonchev–Trinajstić information content (AvgIpc) is 2.30. The van der Waals surface area contributed by atoms with Crippen LogP contribution in [0.1, 0.15) is 25.3 Å². The van der Waals surface area contributed by atoms with E-state index in [2.05, 4.69) is 72.0 Å². The molecule has 78 valence electrons. The summed E-state index contributed by atoms with van der Waals surface area (Å²) >= 11 is 2.55. The molecule has 0 spiro atoms. The van der Waals surface area contributed by atoms with Crippen molar-refractivity contribution in [2.75, 3.05) is 0 Å². The number of hydrogen-bond donors (Lipinski definition) is 0. The molecule has 0 amide bonds. The second-order valence-electron chi connectivity index (χ2n) is 3.82. The van der Waals surface area contributed by atoms with E-state index >= 15 is 0 Å². The molecule has 1 aromatic rings. The molecule has 2 rings (SSSR count). The molecule has 1 unspecified atom stereocenters. The Labute approximate surface area is 105 Å². The first-order valence-electron chi connectivity index (χ1n) is 5.40. The summed E-state index contributed by atoms with van der Waals surface area (Å²) in [5.41, 5.74) is 4.40. The van der Waals surface area contributed by atoms with Gasteiger partial charge in [0.15, 0.2) is 0 Å². The molecule has 0 saturated heterocycles. The van der Waals surface area contributed by atoms with Crippen LogP contribution in [0.4, 0.5) is 0 Å². The fourth-order valence-electron chi connectivity index (χ4n) is 1.91. The fraction of sp³-hybridized carbons (Fsp3) is 0.286. The highest BCUT2D eigenvalue weighted by Crippen LogP contribution is 2.32. The van der Waals surface area contributed by atoms with E-state index < -0.39 is 0 Å². The van der Waals surface area contributed by atoms with Gasteiger partial charge < -0.3 is 0 Å². The van der Waals surface area contributed by atoms with Crippen LogP contribution >= 0.6 is 22.6 Å². The topological polar surface area (TPSA) is 0 Å². The lowest BCUT2D eigenvalue weighted by molar-refractivity contribution is 0.947. The van der Waals surface area contributed by atoms with Gasteiger partial charge in [0, 0.05) is 3.92 Å². The molecular formula is C14H15I. The van der Waals surface area contributed by atoms with Gasteiger partial charge in [-0.2, -0.15) is 0 Å². The summed E-state index contributed by atoms with van der Waals surface area (Å²) < 4.78 is 0.674. The van der Waals surface area contributed by atoms with Gasteiger partial charge in [0.05, 0.1) is 0 Å². The standard InChI is InChI=1S/C14H15I/c1-2-11-8-9-13(10-14(11)15)12-6-4-3-5-7-12/h3-9,14H,2,10H2,1H3. The number of allylic oxidation sites excluding steroid dienone is 4. The zero-order valence-corrected chi connectivity index (χ0v) is 11.1. The number of halogens is 1. The monoisotopic (exact) mass is 310 g/mol. The molecule has 15 heavy (non-hydrogen) atoms. The van der Waals surface area contributed by atoms with E-state index in [0.717, 1.165) is 0 Å². The van der Waals surface area contributed by atoms with Crippen LogP contribution in [0.25, 0.3) is 5.57 Å². The third-order valence-electron chi connectivity index (χ3n) is 2.85. The Kier molecular flexibility index (Phi) is 3.62. The minimum absolute atomic E-state index is 0.674. The van der Waals surface area contributed by atoms with Gasteiger partial charge in [0.1, 0.15) is 0 Å². The lowest BCUT2D eigenvalue weighted by Crippen LogP contribution is -2.06. The summed E-state index contributed by atoms with van der Waals surface area (Å²) in [6, 6.07) is 10.7. The van der Waals surface area contributed by atoms with Crippen LogP contribution in [0.15, 0.2) is 48.1 Å². The molecule has 0 fully saturated rings. The predicted molar refractivity (Wildman–Crippen MR) is 75.2 cm³/mol. The third-order valence-corrected chi connectivity index (χ3v) is 4.09. The highest BCUT2D eigenvalue weighted by Gasteiger charge is 2.15. The average molecular weight is 310 g/mol. The summed E-state index contributed by atoms with van der Waals surface area (Å²) in [6.45, 7) is 2.23. The van der Waals surface area contributed by atoms with Crippen molar-refractivity contribution in [2.24, 2.45) is 0 Å². The Bertz CT molecular complexity index is 387. The molecule has 0 radical (unpaired) electrons. The van der Waals surface area contributed by atoms with Crippen LogP contribution in [0.3, 0.4) is 0 Å². The Morgan fingerprint density at radius 3 is 2.53 bits per heavy atom. The van der Waals surface area contributed by atoms with Gasteiger partial charge in [-0.1, -0.05) is 77.6 Å². The van der Waals surface area contributed by atoms with Gasteiger partial charge in [0.25, 0.3) is 0 Å². The maximum Gasteiger partial charge on any atom is 0.0362 e. The molecule has 0 saturated carbocycles. The van der Waals surface area contributed by atoms with Gasteiger partial charge in [-0.3, -0.25) is 0 Å². The first-order chi connectivity index (χ1) is 7.31. The van der Waals surface area contributed by atoms with Crippen LogP contribution < -0.4 is 0 Å². The van der Waals surface area contributed by atoms with E-state index in [-0.39, 0.29) is 0 Å². The van der Waals surface area contributed by atoms with E-state index in [4.69, 9.17) is 0 Å². The predicted octanol–water partition coefficient (Wildman–Crippen LogP) is 4.61. The van der Waals surface area contributed by atoms with E-state index in [1.165, 1.54) is 24.0 Å². The number of hydrogen-bond acceptors (Lipinski definition) is 0. The van der Waals surface area contributed by atoms with Gasteiger partial charge in [-0.05, 0) is 24.0 Å². The molecule has 1 heteroatoms. The minimum atomic E-state index is 0.674. The van der Waals surface area contributed by atoms with Crippen molar-refractivity contribution < 1.29 is 0 Å². The molecule has 0 N–H and O–H groups in total. The van der Waals surface area contributed by atoms with Crippen molar-refractivity contribution in [1.82, 2.24) is 0 Å². The maximum atomic E-state index is 2.55. The van der Waals surface area contributed by atoms with Crippen LogP contribution in [-0.4, -0.2) is 3.92 Å². The molecule has 1 aliphatic rings. The zero-order chi connectivity index (χ0) is 10.7. The highest BCUT2D eigenvalue weighted by molar-refractivity contribution is 14.1. The Hall–Kier alpha value is -0.570. The summed E-state index contributed by atoms with van der Waals surface area (Å²) in [7, 11) is 0. The van der Waals surface area contributed by atoms with Gasteiger partial charge in [-0.25, -0.2) is 0 Å².